The topological polar surface area (TPSA) is 43.3 Å². The first-order valence-electron chi connectivity index (χ1n) is 5.27. The summed E-state index contributed by atoms with van der Waals surface area (Å²) in [4.78, 5) is 4.47. The third-order valence-electron chi connectivity index (χ3n) is 2.97. The van der Waals surface area contributed by atoms with Crippen molar-refractivity contribution in [3.8, 4) is 0 Å². The van der Waals surface area contributed by atoms with Crippen LogP contribution in [0.3, 0.4) is 0 Å². The van der Waals surface area contributed by atoms with Crippen molar-refractivity contribution in [2.45, 2.75) is 12.3 Å². The molecule has 0 aromatic carbocycles. The second kappa shape index (κ2) is 3.86. The highest BCUT2D eigenvalue weighted by molar-refractivity contribution is 7.99. The van der Waals surface area contributed by atoms with Crippen molar-refractivity contribution in [2.24, 2.45) is 0 Å². The van der Waals surface area contributed by atoms with E-state index in [-0.39, 0.29) is 0 Å². The molecule has 1 aliphatic heterocycles. The molecule has 1 unspecified atom stereocenters. The monoisotopic (exact) mass is 253 g/mol. The van der Waals surface area contributed by atoms with Gasteiger partial charge in [0.2, 0.25) is 0 Å². The van der Waals surface area contributed by atoms with E-state index >= 15 is 0 Å². The SMILES string of the molecule is Nc1cccc2c(Cl)nc(C3CCSC3)n12. The fourth-order valence-corrected chi connectivity index (χ4v) is 3.61. The molecular weight excluding hydrogens is 242 g/mol. The third-order valence-corrected chi connectivity index (χ3v) is 4.41. The van der Waals surface area contributed by atoms with Crippen LogP contribution in [0, 0.1) is 0 Å². The number of halogens is 1. The van der Waals surface area contributed by atoms with Gasteiger partial charge in [-0.1, -0.05) is 17.7 Å². The van der Waals surface area contributed by atoms with Gasteiger partial charge in [-0.25, -0.2) is 4.98 Å². The van der Waals surface area contributed by atoms with Crippen LogP contribution in [0.4, 0.5) is 5.82 Å². The van der Waals surface area contributed by atoms with Crippen molar-refractivity contribution < 1.29 is 0 Å². The van der Waals surface area contributed by atoms with Gasteiger partial charge in [0, 0.05) is 11.7 Å². The Kier molecular flexibility index (Phi) is 2.48. The summed E-state index contributed by atoms with van der Waals surface area (Å²) in [7, 11) is 0. The number of anilines is 1. The van der Waals surface area contributed by atoms with Crippen molar-refractivity contribution >= 4 is 34.7 Å². The first-order valence-corrected chi connectivity index (χ1v) is 6.80. The van der Waals surface area contributed by atoms with Crippen LogP contribution in [-0.4, -0.2) is 20.9 Å². The molecule has 3 heterocycles. The minimum absolute atomic E-state index is 0.481. The van der Waals surface area contributed by atoms with E-state index in [1.165, 1.54) is 5.75 Å². The number of rotatable bonds is 1. The van der Waals surface area contributed by atoms with E-state index in [0.29, 0.717) is 16.9 Å². The van der Waals surface area contributed by atoms with E-state index in [2.05, 4.69) is 4.98 Å². The van der Waals surface area contributed by atoms with Gasteiger partial charge in [0.25, 0.3) is 0 Å². The zero-order valence-electron chi connectivity index (χ0n) is 8.69. The number of hydrogen-bond donors (Lipinski definition) is 1. The van der Waals surface area contributed by atoms with Crippen LogP contribution in [-0.2, 0) is 0 Å². The van der Waals surface area contributed by atoms with E-state index in [1.54, 1.807) is 0 Å². The Morgan fingerprint density at radius 3 is 3.12 bits per heavy atom. The number of nitrogens with zero attached hydrogens (tertiary/aromatic N) is 2. The number of nitrogen functional groups attached to an aromatic ring is 1. The molecule has 1 aliphatic rings. The summed E-state index contributed by atoms with van der Waals surface area (Å²) in [5.41, 5.74) is 6.91. The van der Waals surface area contributed by atoms with Crippen LogP contribution in [0.1, 0.15) is 18.2 Å². The van der Waals surface area contributed by atoms with Crippen LogP contribution >= 0.6 is 23.4 Å². The van der Waals surface area contributed by atoms with Gasteiger partial charge in [-0.05, 0) is 24.3 Å². The van der Waals surface area contributed by atoms with Gasteiger partial charge < -0.3 is 5.73 Å². The summed E-state index contributed by atoms with van der Waals surface area (Å²) < 4.78 is 1.98. The smallest absolute Gasteiger partial charge is 0.155 e. The summed E-state index contributed by atoms with van der Waals surface area (Å²) in [6.45, 7) is 0. The summed E-state index contributed by atoms with van der Waals surface area (Å²) in [6.07, 6.45) is 1.16. The Hall–Kier alpha value is -0.870. The van der Waals surface area contributed by atoms with Crippen LogP contribution < -0.4 is 5.73 Å². The predicted molar refractivity (Wildman–Crippen MR) is 69.3 cm³/mol. The molecular formula is C11H12ClN3S. The molecule has 1 saturated heterocycles. The van der Waals surface area contributed by atoms with Gasteiger partial charge in [0.15, 0.2) is 5.15 Å². The number of pyridine rings is 1. The summed E-state index contributed by atoms with van der Waals surface area (Å²) in [6, 6.07) is 5.75. The molecule has 0 spiro atoms. The second-order valence-corrected chi connectivity index (χ2v) is 5.50. The largest absolute Gasteiger partial charge is 0.385 e. The molecule has 0 aliphatic carbocycles. The van der Waals surface area contributed by atoms with E-state index in [9.17, 15) is 0 Å². The Balaban J connectivity index is 2.24. The molecule has 3 rings (SSSR count). The Morgan fingerprint density at radius 1 is 1.50 bits per heavy atom. The number of aromatic nitrogens is 2. The Bertz CT molecular complexity index is 531. The van der Waals surface area contributed by atoms with Gasteiger partial charge in [-0.15, -0.1) is 0 Å². The average Bonchev–Trinajstić information content (AvgIpc) is 2.87. The molecule has 84 valence electrons. The Labute approximate surface area is 103 Å². The van der Waals surface area contributed by atoms with E-state index in [4.69, 9.17) is 17.3 Å². The van der Waals surface area contributed by atoms with Crippen molar-refractivity contribution in [1.29, 1.82) is 0 Å². The number of nitrogens with two attached hydrogens (primary N) is 1. The standard InChI is InChI=1S/C11H12ClN3S/c12-10-8-2-1-3-9(13)15(8)11(14-10)7-4-5-16-6-7/h1-3,7H,4-6,13H2. The molecule has 0 radical (unpaired) electrons. The number of hydrogen-bond acceptors (Lipinski definition) is 3. The normalized spacial score (nSPS) is 20.7. The molecule has 0 saturated carbocycles. The maximum Gasteiger partial charge on any atom is 0.155 e. The molecule has 5 heteroatoms. The van der Waals surface area contributed by atoms with Crippen LogP contribution in [0.15, 0.2) is 18.2 Å². The van der Waals surface area contributed by atoms with Gasteiger partial charge in [-0.2, -0.15) is 11.8 Å². The molecule has 2 aromatic rings. The zero-order valence-corrected chi connectivity index (χ0v) is 10.3. The quantitative estimate of drug-likeness (QED) is 0.850. The highest BCUT2D eigenvalue weighted by Crippen LogP contribution is 2.34. The molecule has 2 N–H and O–H groups in total. The van der Waals surface area contributed by atoms with Crippen LogP contribution in [0.2, 0.25) is 5.15 Å². The molecule has 1 fully saturated rings. The lowest BCUT2D eigenvalue weighted by molar-refractivity contribution is 0.716. The van der Waals surface area contributed by atoms with Gasteiger partial charge in [-0.3, -0.25) is 4.40 Å². The molecule has 1 atom stereocenters. The summed E-state index contributed by atoms with van der Waals surface area (Å²) in [5, 5.41) is 0.555. The van der Waals surface area contributed by atoms with Gasteiger partial charge in [0.05, 0.1) is 5.52 Å². The maximum atomic E-state index is 6.13. The molecule has 3 nitrogen and oxygen atoms in total. The number of imidazole rings is 1. The fourth-order valence-electron chi connectivity index (χ4n) is 2.16. The van der Waals surface area contributed by atoms with Crippen molar-refractivity contribution in [3.05, 3.63) is 29.2 Å². The highest BCUT2D eigenvalue weighted by Gasteiger charge is 2.24. The fraction of sp³-hybridized carbons (Fsp3) is 0.364. The van der Waals surface area contributed by atoms with Crippen molar-refractivity contribution in [1.82, 2.24) is 9.38 Å². The third kappa shape index (κ3) is 1.48. The predicted octanol–water partition coefficient (Wildman–Crippen LogP) is 2.79. The molecule has 0 amide bonds. The lowest BCUT2D eigenvalue weighted by Crippen LogP contribution is -2.06. The second-order valence-electron chi connectivity index (χ2n) is 3.99. The first-order chi connectivity index (χ1) is 7.77. The van der Waals surface area contributed by atoms with Crippen LogP contribution in [0.5, 0.6) is 0 Å². The van der Waals surface area contributed by atoms with Crippen molar-refractivity contribution in [2.75, 3.05) is 17.2 Å². The minimum atomic E-state index is 0.481. The highest BCUT2D eigenvalue weighted by atomic mass is 35.5. The number of fused-ring (bicyclic) bond motifs is 1. The molecule has 0 bridgehead atoms. The zero-order chi connectivity index (χ0) is 11.1. The lowest BCUT2D eigenvalue weighted by atomic mass is 10.1. The van der Waals surface area contributed by atoms with E-state index in [1.807, 2.05) is 34.4 Å². The Morgan fingerprint density at radius 2 is 2.38 bits per heavy atom. The lowest BCUT2D eigenvalue weighted by Gasteiger charge is -2.08. The average molecular weight is 254 g/mol. The van der Waals surface area contributed by atoms with Crippen molar-refractivity contribution in [3.63, 3.8) is 0 Å². The first kappa shape index (κ1) is 10.3. The van der Waals surface area contributed by atoms with Gasteiger partial charge in [0.1, 0.15) is 11.6 Å². The van der Waals surface area contributed by atoms with Crippen LogP contribution in [0.25, 0.3) is 5.52 Å². The molecule has 16 heavy (non-hydrogen) atoms. The van der Waals surface area contributed by atoms with E-state index in [0.717, 1.165) is 23.5 Å². The summed E-state index contributed by atoms with van der Waals surface area (Å²) in [5.74, 6) is 4.52. The van der Waals surface area contributed by atoms with Gasteiger partial charge >= 0.3 is 0 Å². The van der Waals surface area contributed by atoms with E-state index < -0.39 is 0 Å². The minimum Gasteiger partial charge on any atom is -0.385 e. The number of thioether (sulfide) groups is 1. The summed E-state index contributed by atoms with van der Waals surface area (Å²) >= 11 is 8.10. The molecule has 2 aromatic heterocycles. The maximum absolute atomic E-state index is 6.13.